The summed E-state index contributed by atoms with van der Waals surface area (Å²) < 4.78 is 55.0. The van der Waals surface area contributed by atoms with Crippen molar-refractivity contribution in [2.24, 2.45) is 0 Å². The number of hydrogen-bond acceptors (Lipinski definition) is 4. The molecule has 0 aliphatic carbocycles. The summed E-state index contributed by atoms with van der Waals surface area (Å²) in [4.78, 5) is 12.2. The number of anilines is 1. The molecule has 0 amide bonds. The summed E-state index contributed by atoms with van der Waals surface area (Å²) in [6.07, 6.45) is 0. The lowest BCUT2D eigenvalue weighted by Gasteiger charge is -2.35. The molecule has 0 unspecified atom stereocenters. The summed E-state index contributed by atoms with van der Waals surface area (Å²) in [7, 11) is 0. The molecule has 0 spiro atoms. The number of hydrogen-bond donors (Lipinski definition) is 0. The van der Waals surface area contributed by atoms with Crippen molar-refractivity contribution in [1.29, 1.82) is 0 Å². The van der Waals surface area contributed by atoms with E-state index < -0.39 is 39.6 Å². The van der Waals surface area contributed by atoms with Gasteiger partial charge in [-0.3, -0.25) is 10.1 Å². The molecule has 1 aliphatic heterocycles. The number of nitro benzene ring substituents is 1. The maximum Gasteiger partial charge on any atom is 0.346 e. The summed E-state index contributed by atoms with van der Waals surface area (Å²) in [5.74, 6) is -7.42. The largest absolute Gasteiger partial charge is 0.364 e. The van der Waals surface area contributed by atoms with Crippen molar-refractivity contribution in [3.05, 3.63) is 33.4 Å². The van der Waals surface area contributed by atoms with Gasteiger partial charge < -0.3 is 9.80 Å². The van der Waals surface area contributed by atoms with Gasteiger partial charge in [-0.25, -0.2) is 8.78 Å². The van der Waals surface area contributed by atoms with Gasteiger partial charge in [-0.15, -0.1) is 0 Å². The summed E-state index contributed by atoms with van der Waals surface area (Å²) in [5, 5.41) is 10.5. The van der Waals surface area contributed by atoms with E-state index in [0.717, 1.165) is 11.4 Å². The standard InChI is InChI=1S/C12H13F4N3O2/c1-2-17-3-5-18(6-4-17)11-7(13)9(15)12(19(20)21)10(16)8(11)14/h2-6H2,1H3. The topological polar surface area (TPSA) is 49.6 Å². The van der Waals surface area contributed by atoms with E-state index in [4.69, 9.17) is 0 Å². The summed E-state index contributed by atoms with van der Waals surface area (Å²) in [5.41, 5.74) is -2.69. The van der Waals surface area contributed by atoms with Gasteiger partial charge in [0.05, 0.1) is 4.92 Å². The number of likely N-dealkylation sites (N-methyl/N-ethyl adjacent to an activating group) is 1. The summed E-state index contributed by atoms with van der Waals surface area (Å²) >= 11 is 0. The SMILES string of the molecule is CCN1CCN(c2c(F)c(F)c([N+](=O)[O-])c(F)c2F)CC1. The molecule has 1 heterocycles. The second-order valence-electron chi connectivity index (χ2n) is 4.63. The van der Waals surface area contributed by atoms with Gasteiger partial charge in [0.1, 0.15) is 5.69 Å². The van der Waals surface area contributed by atoms with E-state index in [0.29, 0.717) is 13.1 Å². The Kier molecular flexibility index (Phi) is 4.31. The van der Waals surface area contributed by atoms with Crippen LogP contribution in [0.5, 0.6) is 0 Å². The Hall–Kier alpha value is -1.90. The predicted molar refractivity (Wildman–Crippen MR) is 67.3 cm³/mol. The van der Waals surface area contributed by atoms with Crippen molar-refractivity contribution in [2.75, 3.05) is 37.6 Å². The third-order valence-corrected chi connectivity index (χ3v) is 3.54. The van der Waals surface area contributed by atoms with Crippen molar-refractivity contribution in [1.82, 2.24) is 4.90 Å². The molecule has 0 radical (unpaired) electrons. The van der Waals surface area contributed by atoms with Gasteiger partial charge in [0.25, 0.3) is 0 Å². The van der Waals surface area contributed by atoms with Crippen LogP contribution in [-0.4, -0.2) is 42.5 Å². The van der Waals surface area contributed by atoms with Crippen LogP contribution in [0.4, 0.5) is 28.9 Å². The lowest BCUT2D eigenvalue weighted by atomic mass is 10.2. The van der Waals surface area contributed by atoms with E-state index in [1.807, 2.05) is 11.8 Å². The highest BCUT2D eigenvalue weighted by molar-refractivity contribution is 5.56. The Morgan fingerprint density at radius 1 is 1.00 bits per heavy atom. The maximum absolute atomic E-state index is 13.9. The zero-order valence-corrected chi connectivity index (χ0v) is 11.2. The lowest BCUT2D eigenvalue weighted by Crippen LogP contribution is -2.47. The molecule has 1 aromatic carbocycles. The molecule has 1 aliphatic rings. The first-order valence-corrected chi connectivity index (χ1v) is 6.36. The highest BCUT2D eigenvalue weighted by atomic mass is 19.2. The van der Waals surface area contributed by atoms with Crippen molar-refractivity contribution < 1.29 is 22.5 Å². The van der Waals surface area contributed by atoms with E-state index in [-0.39, 0.29) is 13.1 Å². The van der Waals surface area contributed by atoms with Gasteiger partial charge in [-0.05, 0) is 6.54 Å². The van der Waals surface area contributed by atoms with Gasteiger partial charge in [-0.2, -0.15) is 8.78 Å². The zero-order chi connectivity index (χ0) is 15.7. The van der Waals surface area contributed by atoms with Gasteiger partial charge in [0, 0.05) is 26.2 Å². The Morgan fingerprint density at radius 2 is 1.48 bits per heavy atom. The molecule has 1 aromatic rings. The van der Waals surface area contributed by atoms with Crippen molar-refractivity contribution in [3.8, 4) is 0 Å². The molecular formula is C12H13F4N3O2. The molecule has 5 nitrogen and oxygen atoms in total. The van der Waals surface area contributed by atoms with Crippen LogP contribution in [0.1, 0.15) is 6.92 Å². The fraction of sp³-hybridized carbons (Fsp3) is 0.500. The smallest absolute Gasteiger partial charge is 0.346 e. The van der Waals surface area contributed by atoms with Crippen LogP contribution in [0.2, 0.25) is 0 Å². The fourth-order valence-corrected chi connectivity index (χ4v) is 2.33. The first kappa shape index (κ1) is 15.5. The molecule has 0 saturated carbocycles. The Balaban J connectivity index is 2.44. The molecule has 1 saturated heterocycles. The highest BCUT2D eigenvalue weighted by Crippen LogP contribution is 2.35. The van der Waals surface area contributed by atoms with E-state index in [9.17, 15) is 27.7 Å². The van der Waals surface area contributed by atoms with E-state index in [1.54, 1.807) is 0 Å². The van der Waals surface area contributed by atoms with Crippen LogP contribution in [-0.2, 0) is 0 Å². The van der Waals surface area contributed by atoms with Gasteiger partial charge in [0.2, 0.25) is 11.6 Å². The second-order valence-corrected chi connectivity index (χ2v) is 4.63. The average molecular weight is 307 g/mol. The fourth-order valence-electron chi connectivity index (χ4n) is 2.33. The molecule has 21 heavy (non-hydrogen) atoms. The van der Waals surface area contributed by atoms with Crippen LogP contribution in [0, 0.1) is 33.4 Å². The minimum atomic E-state index is -1.98. The van der Waals surface area contributed by atoms with Crippen LogP contribution in [0.25, 0.3) is 0 Å². The van der Waals surface area contributed by atoms with Crippen LogP contribution >= 0.6 is 0 Å². The van der Waals surface area contributed by atoms with Crippen LogP contribution in [0.15, 0.2) is 0 Å². The normalized spacial score (nSPS) is 16.3. The molecule has 0 aromatic heterocycles. The molecular weight excluding hydrogens is 294 g/mol. The second kappa shape index (κ2) is 5.84. The Bertz CT molecular complexity index is 545. The molecule has 0 N–H and O–H groups in total. The number of halogens is 4. The predicted octanol–water partition coefficient (Wildman–Crippen LogP) is 2.29. The number of benzene rings is 1. The molecule has 9 heteroatoms. The van der Waals surface area contributed by atoms with Gasteiger partial charge in [-0.1, -0.05) is 6.92 Å². The Labute approximate surface area is 117 Å². The Morgan fingerprint density at radius 3 is 1.86 bits per heavy atom. The van der Waals surface area contributed by atoms with Crippen LogP contribution < -0.4 is 4.90 Å². The first-order valence-electron chi connectivity index (χ1n) is 6.36. The van der Waals surface area contributed by atoms with E-state index in [2.05, 4.69) is 0 Å². The molecule has 0 atom stereocenters. The third-order valence-electron chi connectivity index (χ3n) is 3.54. The average Bonchev–Trinajstić information content (AvgIpc) is 2.46. The molecule has 0 bridgehead atoms. The minimum absolute atomic E-state index is 0.179. The van der Waals surface area contributed by atoms with E-state index in [1.165, 1.54) is 0 Å². The number of piperazine rings is 1. The highest BCUT2D eigenvalue weighted by Gasteiger charge is 2.35. The maximum atomic E-state index is 13.9. The summed E-state index contributed by atoms with van der Waals surface area (Å²) in [6.45, 7) is 3.99. The number of nitrogens with zero attached hydrogens (tertiary/aromatic N) is 3. The quantitative estimate of drug-likeness (QED) is 0.372. The third kappa shape index (κ3) is 2.65. The summed E-state index contributed by atoms with van der Waals surface area (Å²) in [6, 6.07) is 0. The minimum Gasteiger partial charge on any atom is -0.364 e. The monoisotopic (exact) mass is 307 g/mol. The molecule has 1 fully saturated rings. The van der Waals surface area contributed by atoms with Gasteiger partial charge in [0.15, 0.2) is 11.6 Å². The van der Waals surface area contributed by atoms with Crippen molar-refractivity contribution >= 4 is 11.4 Å². The van der Waals surface area contributed by atoms with Crippen molar-refractivity contribution in [2.45, 2.75) is 6.92 Å². The van der Waals surface area contributed by atoms with Crippen molar-refractivity contribution in [3.63, 3.8) is 0 Å². The van der Waals surface area contributed by atoms with Gasteiger partial charge >= 0.3 is 5.69 Å². The number of rotatable bonds is 3. The molecule has 2 rings (SSSR count). The zero-order valence-electron chi connectivity index (χ0n) is 11.2. The lowest BCUT2D eigenvalue weighted by molar-refractivity contribution is -0.390. The first-order chi connectivity index (χ1) is 9.88. The molecule has 116 valence electrons. The van der Waals surface area contributed by atoms with Crippen LogP contribution in [0.3, 0.4) is 0 Å². The van der Waals surface area contributed by atoms with E-state index >= 15 is 0 Å². The number of nitro groups is 1.